The van der Waals surface area contributed by atoms with E-state index >= 15 is 0 Å². The number of unbranched alkanes of at least 4 members (excludes halogenated alkanes) is 1. The van der Waals surface area contributed by atoms with Gasteiger partial charge in [0.15, 0.2) is 0 Å². The predicted molar refractivity (Wildman–Crippen MR) is 71.8 cm³/mol. The number of nitrogens with zero attached hydrogens (tertiary/aromatic N) is 1. The molecule has 0 heterocycles. The van der Waals surface area contributed by atoms with Crippen molar-refractivity contribution in [1.82, 2.24) is 0 Å². The molecule has 0 saturated carbocycles. The summed E-state index contributed by atoms with van der Waals surface area (Å²) in [6, 6.07) is 8.13. The minimum absolute atomic E-state index is 0.211. The molecule has 1 aromatic rings. The zero-order chi connectivity index (χ0) is 12.7. The summed E-state index contributed by atoms with van der Waals surface area (Å²) in [6.45, 7) is 5.28. The SMILES string of the molecule is CC(C)Oc1ccc(N(C)CCCCO)cc1. The van der Waals surface area contributed by atoms with Crippen LogP contribution in [0.3, 0.4) is 0 Å². The van der Waals surface area contributed by atoms with Gasteiger partial charge in [-0.25, -0.2) is 0 Å². The topological polar surface area (TPSA) is 32.7 Å². The van der Waals surface area contributed by atoms with Crippen LogP contribution in [0.4, 0.5) is 5.69 Å². The number of hydrogen-bond donors (Lipinski definition) is 1. The average Bonchev–Trinajstić information content (AvgIpc) is 2.29. The molecule has 0 spiro atoms. The van der Waals surface area contributed by atoms with Crippen molar-refractivity contribution >= 4 is 5.69 Å². The zero-order valence-corrected chi connectivity index (χ0v) is 11.0. The standard InChI is InChI=1S/C14H23NO2/c1-12(2)17-14-8-6-13(7-9-14)15(3)10-4-5-11-16/h6-9,12,16H,4-5,10-11H2,1-3H3. The lowest BCUT2D eigenvalue weighted by Crippen LogP contribution is -2.18. The Kier molecular flexibility index (Phi) is 5.84. The van der Waals surface area contributed by atoms with E-state index in [1.165, 1.54) is 5.69 Å². The van der Waals surface area contributed by atoms with E-state index in [2.05, 4.69) is 24.1 Å². The normalized spacial score (nSPS) is 10.6. The summed E-state index contributed by atoms with van der Waals surface area (Å²) in [5, 5.41) is 8.73. The van der Waals surface area contributed by atoms with Gasteiger partial charge in [-0.3, -0.25) is 0 Å². The highest BCUT2D eigenvalue weighted by atomic mass is 16.5. The highest BCUT2D eigenvalue weighted by Crippen LogP contribution is 2.19. The van der Waals surface area contributed by atoms with Gasteiger partial charge in [0.2, 0.25) is 0 Å². The summed E-state index contributed by atoms with van der Waals surface area (Å²) < 4.78 is 5.60. The quantitative estimate of drug-likeness (QED) is 0.740. The molecule has 3 nitrogen and oxygen atoms in total. The molecule has 1 N–H and O–H groups in total. The second-order valence-corrected chi connectivity index (χ2v) is 4.51. The van der Waals surface area contributed by atoms with Crippen molar-refractivity contribution in [2.24, 2.45) is 0 Å². The fraction of sp³-hybridized carbons (Fsp3) is 0.571. The van der Waals surface area contributed by atoms with Crippen molar-refractivity contribution in [3.63, 3.8) is 0 Å². The molecule has 3 heteroatoms. The molecule has 0 aromatic heterocycles. The van der Waals surface area contributed by atoms with E-state index in [1.807, 2.05) is 26.0 Å². The Bertz CT molecular complexity index is 309. The number of rotatable bonds is 7. The molecule has 0 aliphatic heterocycles. The third kappa shape index (κ3) is 5.09. The molecule has 1 aromatic carbocycles. The second-order valence-electron chi connectivity index (χ2n) is 4.51. The van der Waals surface area contributed by atoms with Gasteiger partial charge in [-0.1, -0.05) is 0 Å². The Morgan fingerprint density at radius 2 is 1.82 bits per heavy atom. The van der Waals surface area contributed by atoms with Crippen LogP contribution in [0.15, 0.2) is 24.3 Å². The molecule has 0 saturated heterocycles. The molecular formula is C14H23NO2. The molecule has 0 bridgehead atoms. The van der Waals surface area contributed by atoms with E-state index < -0.39 is 0 Å². The number of aliphatic hydroxyl groups is 1. The van der Waals surface area contributed by atoms with Gasteiger partial charge >= 0.3 is 0 Å². The molecule has 17 heavy (non-hydrogen) atoms. The first-order valence-corrected chi connectivity index (χ1v) is 6.22. The minimum atomic E-state index is 0.211. The molecule has 0 atom stereocenters. The molecule has 0 radical (unpaired) electrons. The fourth-order valence-corrected chi connectivity index (χ4v) is 1.64. The molecular weight excluding hydrogens is 214 g/mol. The van der Waals surface area contributed by atoms with Gasteiger partial charge in [0.05, 0.1) is 6.10 Å². The summed E-state index contributed by atoms with van der Waals surface area (Å²) in [5.74, 6) is 0.910. The lowest BCUT2D eigenvalue weighted by atomic mass is 10.2. The second kappa shape index (κ2) is 7.17. The zero-order valence-electron chi connectivity index (χ0n) is 11.0. The Hall–Kier alpha value is -1.22. The van der Waals surface area contributed by atoms with Crippen LogP contribution < -0.4 is 9.64 Å². The van der Waals surface area contributed by atoms with Gasteiger partial charge in [0.25, 0.3) is 0 Å². The van der Waals surface area contributed by atoms with Crippen LogP contribution in [0.5, 0.6) is 5.75 Å². The van der Waals surface area contributed by atoms with Crippen LogP contribution in [-0.2, 0) is 0 Å². The Balaban J connectivity index is 2.48. The van der Waals surface area contributed by atoms with E-state index in [0.717, 1.165) is 25.1 Å². The third-order valence-electron chi connectivity index (χ3n) is 2.55. The number of aliphatic hydroxyl groups excluding tert-OH is 1. The first-order valence-electron chi connectivity index (χ1n) is 6.22. The summed E-state index contributed by atoms with van der Waals surface area (Å²) in [5.41, 5.74) is 1.18. The van der Waals surface area contributed by atoms with E-state index in [1.54, 1.807) is 0 Å². The highest BCUT2D eigenvalue weighted by molar-refractivity contribution is 5.48. The van der Waals surface area contributed by atoms with Crippen LogP contribution >= 0.6 is 0 Å². The van der Waals surface area contributed by atoms with E-state index in [-0.39, 0.29) is 12.7 Å². The maximum absolute atomic E-state index is 8.73. The summed E-state index contributed by atoms with van der Waals surface area (Å²) >= 11 is 0. The molecule has 1 rings (SSSR count). The number of hydrogen-bond acceptors (Lipinski definition) is 3. The van der Waals surface area contributed by atoms with Crippen LogP contribution in [0.1, 0.15) is 26.7 Å². The third-order valence-corrected chi connectivity index (χ3v) is 2.55. The van der Waals surface area contributed by atoms with Gasteiger partial charge in [0.1, 0.15) is 5.75 Å². The van der Waals surface area contributed by atoms with Gasteiger partial charge in [-0.15, -0.1) is 0 Å². The summed E-state index contributed by atoms with van der Waals surface area (Å²) in [4.78, 5) is 2.19. The smallest absolute Gasteiger partial charge is 0.119 e. The van der Waals surface area contributed by atoms with Crippen molar-refractivity contribution in [3.8, 4) is 5.75 Å². The van der Waals surface area contributed by atoms with Crippen molar-refractivity contribution in [1.29, 1.82) is 0 Å². The summed E-state index contributed by atoms with van der Waals surface area (Å²) in [6.07, 6.45) is 2.08. The Morgan fingerprint density at radius 3 is 2.35 bits per heavy atom. The molecule has 0 amide bonds. The molecule has 0 fully saturated rings. The van der Waals surface area contributed by atoms with Crippen LogP contribution in [-0.4, -0.2) is 31.4 Å². The van der Waals surface area contributed by atoms with Gasteiger partial charge in [0, 0.05) is 25.9 Å². The van der Waals surface area contributed by atoms with Crippen molar-refractivity contribution in [2.45, 2.75) is 32.8 Å². The van der Waals surface area contributed by atoms with Crippen LogP contribution in [0, 0.1) is 0 Å². The lowest BCUT2D eigenvalue weighted by molar-refractivity contribution is 0.242. The minimum Gasteiger partial charge on any atom is -0.491 e. The van der Waals surface area contributed by atoms with Crippen LogP contribution in [0.2, 0.25) is 0 Å². The first-order chi connectivity index (χ1) is 8.13. The highest BCUT2D eigenvalue weighted by Gasteiger charge is 2.02. The monoisotopic (exact) mass is 237 g/mol. The van der Waals surface area contributed by atoms with E-state index in [4.69, 9.17) is 9.84 Å². The molecule has 0 aliphatic rings. The maximum Gasteiger partial charge on any atom is 0.119 e. The van der Waals surface area contributed by atoms with Gasteiger partial charge in [-0.2, -0.15) is 0 Å². The summed E-state index contributed by atoms with van der Waals surface area (Å²) in [7, 11) is 2.07. The Morgan fingerprint density at radius 1 is 1.18 bits per heavy atom. The maximum atomic E-state index is 8.73. The van der Waals surface area contributed by atoms with E-state index in [9.17, 15) is 0 Å². The molecule has 0 unspecified atom stereocenters. The fourth-order valence-electron chi connectivity index (χ4n) is 1.64. The first kappa shape index (κ1) is 13.8. The lowest BCUT2D eigenvalue weighted by Gasteiger charge is -2.19. The Labute approximate surface area is 104 Å². The largest absolute Gasteiger partial charge is 0.491 e. The number of anilines is 1. The van der Waals surface area contributed by atoms with E-state index in [0.29, 0.717) is 0 Å². The molecule has 96 valence electrons. The van der Waals surface area contributed by atoms with Gasteiger partial charge < -0.3 is 14.7 Å². The van der Waals surface area contributed by atoms with Crippen molar-refractivity contribution < 1.29 is 9.84 Å². The number of ether oxygens (including phenoxy) is 1. The van der Waals surface area contributed by atoms with Crippen LogP contribution in [0.25, 0.3) is 0 Å². The average molecular weight is 237 g/mol. The molecule has 0 aliphatic carbocycles. The van der Waals surface area contributed by atoms with Gasteiger partial charge in [-0.05, 0) is 51.0 Å². The number of benzene rings is 1. The van der Waals surface area contributed by atoms with Crippen molar-refractivity contribution in [2.75, 3.05) is 25.1 Å². The van der Waals surface area contributed by atoms with Crippen molar-refractivity contribution in [3.05, 3.63) is 24.3 Å². The predicted octanol–water partition coefficient (Wildman–Crippen LogP) is 2.68.